The summed E-state index contributed by atoms with van der Waals surface area (Å²) < 4.78 is 0. The van der Waals surface area contributed by atoms with Crippen molar-refractivity contribution >= 4 is 35.0 Å². The minimum absolute atomic E-state index is 0.718. The van der Waals surface area contributed by atoms with Crippen LogP contribution in [0.25, 0.3) is 11.0 Å². The summed E-state index contributed by atoms with van der Waals surface area (Å²) in [5.41, 5.74) is 5.47. The molecule has 0 saturated carbocycles. The van der Waals surface area contributed by atoms with Gasteiger partial charge in [0.05, 0.1) is 22.7 Å². The Bertz CT molecular complexity index is 963. The fourth-order valence-corrected chi connectivity index (χ4v) is 4.96. The van der Waals surface area contributed by atoms with Gasteiger partial charge in [0.2, 0.25) is 0 Å². The van der Waals surface area contributed by atoms with E-state index in [4.69, 9.17) is 4.98 Å². The highest BCUT2D eigenvalue weighted by Gasteiger charge is 2.18. The van der Waals surface area contributed by atoms with Crippen LogP contribution in [0.15, 0.2) is 79.0 Å². The maximum atomic E-state index is 4.94. The second-order valence-electron chi connectivity index (χ2n) is 6.22. The molecule has 122 valence electrons. The van der Waals surface area contributed by atoms with Gasteiger partial charge in [-0.3, -0.25) is 4.98 Å². The van der Waals surface area contributed by atoms with E-state index in [0.717, 1.165) is 16.5 Å². The molecule has 0 aliphatic carbocycles. The molecule has 0 aliphatic heterocycles. The Morgan fingerprint density at radius 3 is 1.72 bits per heavy atom. The number of rotatable bonds is 3. The molecule has 0 amide bonds. The first-order valence-electron chi connectivity index (χ1n) is 8.36. The number of hydrogen-bond acceptors (Lipinski definition) is 2. The van der Waals surface area contributed by atoms with Crippen LogP contribution in [0.2, 0.25) is 0 Å². The molecule has 4 aromatic rings. The van der Waals surface area contributed by atoms with E-state index in [2.05, 4.69) is 67.4 Å². The van der Waals surface area contributed by atoms with E-state index in [1.165, 1.54) is 21.7 Å². The van der Waals surface area contributed by atoms with Gasteiger partial charge in [0.25, 0.3) is 0 Å². The Morgan fingerprint density at radius 1 is 0.640 bits per heavy atom. The highest BCUT2D eigenvalue weighted by atomic mass is 31.1. The van der Waals surface area contributed by atoms with Gasteiger partial charge >= 0.3 is 0 Å². The van der Waals surface area contributed by atoms with Crippen LogP contribution in [-0.2, 0) is 0 Å². The molecule has 3 aromatic carbocycles. The summed E-state index contributed by atoms with van der Waals surface area (Å²) in [4.78, 5) is 9.58. The van der Waals surface area contributed by atoms with Gasteiger partial charge in [-0.1, -0.05) is 71.8 Å². The topological polar surface area (TPSA) is 25.8 Å². The van der Waals surface area contributed by atoms with Crippen molar-refractivity contribution < 1.29 is 0 Å². The highest BCUT2D eigenvalue weighted by molar-refractivity contribution is 7.79. The van der Waals surface area contributed by atoms with Gasteiger partial charge in [-0.2, -0.15) is 0 Å². The van der Waals surface area contributed by atoms with E-state index in [1.54, 1.807) is 0 Å². The lowest BCUT2D eigenvalue weighted by Crippen LogP contribution is -2.23. The van der Waals surface area contributed by atoms with Crippen molar-refractivity contribution in [1.29, 1.82) is 0 Å². The van der Waals surface area contributed by atoms with Crippen LogP contribution < -0.4 is 16.0 Å². The van der Waals surface area contributed by atoms with Gasteiger partial charge in [-0.05, 0) is 36.6 Å². The average molecular weight is 342 g/mol. The molecule has 0 unspecified atom stereocenters. The predicted octanol–water partition coefficient (Wildman–Crippen LogP) is 4.00. The molecule has 1 heterocycles. The van der Waals surface area contributed by atoms with Gasteiger partial charge in [0.15, 0.2) is 0 Å². The number of aryl methyl sites for hydroxylation is 2. The number of hydrogen-bond donors (Lipinski definition) is 0. The number of para-hydroxylation sites is 2. The second kappa shape index (κ2) is 6.74. The van der Waals surface area contributed by atoms with Crippen molar-refractivity contribution in [2.45, 2.75) is 13.8 Å². The van der Waals surface area contributed by atoms with Crippen molar-refractivity contribution in [3.05, 3.63) is 90.1 Å². The first-order chi connectivity index (χ1) is 12.2. The monoisotopic (exact) mass is 342 g/mol. The lowest BCUT2D eigenvalue weighted by atomic mass is 10.2. The maximum Gasteiger partial charge on any atom is 0.0910 e. The minimum Gasteiger partial charge on any atom is -0.252 e. The van der Waals surface area contributed by atoms with E-state index in [9.17, 15) is 0 Å². The number of aromatic nitrogens is 2. The van der Waals surface area contributed by atoms with E-state index < -0.39 is 7.92 Å². The highest BCUT2D eigenvalue weighted by Crippen LogP contribution is 2.32. The molecule has 0 saturated heterocycles. The summed E-state index contributed by atoms with van der Waals surface area (Å²) in [5, 5.41) is 2.60. The molecule has 4 rings (SSSR count). The number of nitrogens with zero attached hydrogens (tertiary/aromatic N) is 2. The summed E-state index contributed by atoms with van der Waals surface area (Å²) in [6.07, 6.45) is 1.94. The third-order valence-corrected chi connectivity index (χ3v) is 6.55. The molecule has 2 nitrogen and oxygen atoms in total. The van der Waals surface area contributed by atoms with Crippen molar-refractivity contribution in [2.75, 3.05) is 0 Å². The molecule has 25 heavy (non-hydrogen) atoms. The van der Waals surface area contributed by atoms with Crippen molar-refractivity contribution in [2.24, 2.45) is 0 Å². The normalized spacial score (nSPS) is 11.2. The summed E-state index contributed by atoms with van der Waals surface area (Å²) in [5.74, 6) is 0. The summed E-state index contributed by atoms with van der Waals surface area (Å²) in [7, 11) is -0.718. The Hall–Kier alpha value is -2.57. The smallest absolute Gasteiger partial charge is 0.0910 e. The number of fused-ring (bicyclic) bond motifs is 1. The lowest BCUT2D eigenvalue weighted by molar-refractivity contribution is 1.34. The zero-order valence-corrected chi connectivity index (χ0v) is 15.2. The molecule has 0 fully saturated rings. The van der Waals surface area contributed by atoms with Crippen LogP contribution in [-0.4, -0.2) is 9.97 Å². The van der Waals surface area contributed by atoms with Gasteiger partial charge in [-0.25, -0.2) is 4.98 Å². The van der Waals surface area contributed by atoms with Gasteiger partial charge < -0.3 is 0 Å². The molecule has 0 N–H and O–H groups in total. The fourth-order valence-electron chi connectivity index (χ4n) is 2.86. The molecule has 0 atom stereocenters. The molecule has 0 aliphatic rings. The zero-order chi connectivity index (χ0) is 17.2. The van der Waals surface area contributed by atoms with Gasteiger partial charge in [-0.15, -0.1) is 0 Å². The molecule has 3 heteroatoms. The first kappa shape index (κ1) is 15.9. The summed E-state index contributed by atoms with van der Waals surface area (Å²) in [6, 6.07) is 25.6. The molecule has 0 spiro atoms. The Labute approximate surface area is 149 Å². The lowest BCUT2D eigenvalue weighted by Gasteiger charge is -2.18. The Kier molecular flexibility index (Phi) is 4.29. The van der Waals surface area contributed by atoms with Crippen LogP contribution in [0, 0.1) is 13.8 Å². The molecule has 0 bridgehead atoms. The fraction of sp³-hybridized carbons (Fsp3) is 0.0909. The van der Waals surface area contributed by atoms with E-state index in [1.807, 2.05) is 30.5 Å². The largest absolute Gasteiger partial charge is 0.252 e. The van der Waals surface area contributed by atoms with Crippen LogP contribution in [0.1, 0.15) is 11.1 Å². The van der Waals surface area contributed by atoms with Crippen LogP contribution in [0.3, 0.4) is 0 Å². The molecular weight excluding hydrogens is 323 g/mol. The minimum atomic E-state index is -0.718. The van der Waals surface area contributed by atoms with Crippen molar-refractivity contribution in [3.63, 3.8) is 0 Å². The maximum absolute atomic E-state index is 4.94. The Balaban J connectivity index is 1.88. The summed E-state index contributed by atoms with van der Waals surface area (Å²) in [6.45, 7) is 4.24. The van der Waals surface area contributed by atoms with Crippen molar-refractivity contribution in [3.8, 4) is 0 Å². The van der Waals surface area contributed by atoms with Crippen LogP contribution in [0.4, 0.5) is 0 Å². The zero-order valence-electron chi connectivity index (χ0n) is 14.3. The third kappa shape index (κ3) is 3.31. The molecular formula is C22H19N2P. The average Bonchev–Trinajstić information content (AvgIpc) is 2.65. The second-order valence-corrected chi connectivity index (χ2v) is 8.39. The molecule has 0 radical (unpaired) electrons. The quantitative estimate of drug-likeness (QED) is 0.526. The van der Waals surface area contributed by atoms with Crippen molar-refractivity contribution in [1.82, 2.24) is 9.97 Å². The van der Waals surface area contributed by atoms with E-state index in [0.29, 0.717) is 0 Å². The standard InChI is InChI=1S/C22H19N2P/c1-16-7-11-18(12-8-16)25(19-13-9-17(2)10-14-19)22-15-23-20-5-3-4-6-21(20)24-22/h3-15H,1-2H3. The van der Waals surface area contributed by atoms with E-state index >= 15 is 0 Å². The SMILES string of the molecule is Cc1ccc(P(c2ccc(C)cc2)c2cnc3ccccc3n2)cc1. The first-order valence-corrected chi connectivity index (χ1v) is 9.70. The van der Waals surface area contributed by atoms with Crippen LogP contribution >= 0.6 is 7.92 Å². The summed E-state index contributed by atoms with van der Waals surface area (Å²) >= 11 is 0. The van der Waals surface area contributed by atoms with Gasteiger partial charge in [0.1, 0.15) is 0 Å². The van der Waals surface area contributed by atoms with Crippen LogP contribution in [0.5, 0.6) is 0 Å². The predicted molar refractivity (Wildman–Crippen MR) is 108 cm³/mol. The van der Waals surface area contributed by atoms with E-state index in [-0.39, 0.29) is 0 Å². The Morgan fingerprint density at radius 2 is 1.16 bits per heavy atom. The number of benzene rings is 3. The molecule has 1 aromatic heterocycles. The third-order valence-electron chi connectivity index (χ3n) is 4.25. The van der Waals surface area contributed by atoms with Gasteiger partial charge in [0, 0.05) is 7.92 Å².